The van der Waals surface area contributed by atoms with Crippen molar-refractivity contribution < 1.29 is 9.22 Å². The first-order chi connectivity index (χ1) is 4.77. The Morgan fingerprint density at radius 1 is 1.70 bits per heavy atom. The van der Waals surface area contributed by atoms with Gasteiger partial charge in [-0.25, -0.2) is 0 Å². The summed E-state index contributed by atoms with van der Waals surface area (Å²) in [5.74, 6) is -0.209. The van der Waals surface area contributed by atoms with Crippen LogP contribution in [0.4, 0.5) is 0 Å². The van der Waals surface area contributed by atoms with Crippen LogP contribution in [-0.4, -0.2) is 15.7 Å². The zero-order chi connectivity index (χ0) is 7.82. The molecule has 0 aromatic rings. The van der Waals surface area contributed by atoms with Gasteiger partial charge in [-0.15, -0.1) is 0 Å². The van der Waals surface area contributed by atoms with Crippen molar-refractivity contribution in [1.82, 2.24) is 0 Å². The molecule has 0 fully saturated rings. The molecule has 2 nitrogen and oxygen atoms in total. The molecule has 0 atom stereocenters. The topological polar surface area (TPSA) is 26.3 Å². The molecule has 0 rings (SSSR count). The van der Waals surface area contributed by atoms with Gasteiger partial charge in [-0.05, 0) is 6.42 Å². The molecule has 0 amide bonds. The molecule has 56 valence electrons. The summed E-state index contributed by atoms with van der Waals surface area (Å²) in [4.78, 5) is 10.2. The van der Waals surface area contributed by atoms with Crippen LogP contribution in [0.3, 0.4) is 0 Å². The van der Waals surface area contributed by atoms with Gasteiger partial charge in [0, 0.05) is 6.92 Å². The van der Waals surface area contributed by atoms with Crippen LogP contribution in [0.25, 0.3) is 0 Å². The largest absolute Gasteiger partial charge is 0.512 e. The van der Waals surface area contributed by atoms with Crippen molar-refractivity contribution in [3.8, 4) is 0 Å². The number of rotatable bonds is 4. The lowest BCUT2D eigenvalue weighted by molar-refractivity contribution is -0.131. The molecular weight excluding hydrogens is 144 g/mol. The van der Waals surface area contributed by atoms with Gasteiger partial charge in [0.1, 0.15) is 0 Å². The molecule has 0 unspecified atom stereocenters. The molecule has 0 aromatic carbocycles. The second kappa shape index (κ2) is 6.55. The maximum absolute atomic E-state index is 10.2. The minimum Gasteiger partial charge on any atom is -0.512 e. The van der Waals surface area contributed by atoms with E-state index >= 15 is 0 Å². The van der Waals surface area contributed by atoms with Gasteiger partial charge in [-0.1, -0.05) is 25.1 Å². The quantitative estimate of drug-likeness (QED) is 0.576. The number of unbranched alkanes of at least 4 members (excludes halogenated alkanes) is 1. The highest BCUT2D eigenvalue weighted by Gasteiger charge is 1.88. The minimum absolute atomic E-state index is 0.192. The van der Waals surface area contributed by atoms with Crippen molar-refractivity contribution >= 4 is 15.7 Å². The van der Waals surface area contributed by atoms with Crippen LogP contribution in [0.15, 0.2) is 11.8 Å². The van der Waals surface area contributed by atoms with Crippen LogP contribution in [-0.2, 0) is 9.22 Å². The Morgan fingerprint density at radius 2 is 2.40 bits per heavy atom. The molecule has 0 saturated heterocycles. The summed E-state index contributed by atoms with van der Waals surface area (Å²) in [6.45, 7) is 3.53. The zero-order valence-corrected chi connectivity index (χ0v) is 7.39. The average molecular weight is 156 g/mol. The fourth-order valence-electron chi connectivity index (χ4n) is 0.415. The second-order valence-corrected chi connectivity index (χ2v) is 2.68. The smallest absolute Gasteiger partial charge is 0.346 e. The van der Waals surface area contributed by atoms with E-state index in [9.17, 15) is 4.79 Å². The average Bonchev–Trinajstić information content (AvgIpc) is 1.87. The van der Waals surface area contributed by atoms with Crippen LogP contribution in [0.2, 0.25) is 0 Å². The van der Waals surface area contributed by atoms with E-state index in [0.717, 1.165) is 12.8 Å². The highest BCUT2D eigenvalue weighted by molar-refractivity contribution is 6.36. The maximum Gasteiger partial charge on any atom is 0.346 e. The molecule has 0 aromatic heterocycles. The molecule has 0 aliphatic carbocycles. The summed E-state index contributed by atoms with van der Waals surface area (Å²) >= 11 is 0. The molecule has 2 radical (unpaired) electrons. The van der Waals surface area contributed by atoms with Crippen LogP contribution in [0.1, 0.15) is 26.7 Å². The zero-order valence-electron chi connectivity index (χ0n) is 6.39. The van der Waals surface area contributed by atoms with Gasteiger partial charge >= 0.3 is 9.76 Å². The standard InChI is InChI=1S/C7H12O2Si/c1-3-4-5-6-10-9-7(2)8/h5-6H,3-4H2,1-2H3/b6-5+. The molecule has 0 aliphatic rings. The predicted octanol–water partition coefficient (Wildman–Crippen LogP) is 1.48. The summed E-state index contributed by atoms with van der Waals surface area (Å²) in [6, 6.07) is 0. The molecule has 0 spiro atoms. The molecule has 10 heavy (non-hydrogen) atoms. The summed E-state index contributed by atoms with van der Waals surface area (Å²) in [7, 11) is 0.192. The Kier molecular flexibility index (Phi) is 6.17. The first-order valence-electron chi connectivity index (χ1n) is 3.35. The number of hydrogen-bond donors (Lipinski definition) is 0. The van der Waals surface area contributed by atoms with Gasteiger partial charge < -0.3 is 4.43 Å². The van der Waals surface area contributed by atoms with Crippen molar-refractivity contribution in [3.63, 3.8) is 0 Å². The van der Waals surface area contributed by atoms with E-state index in [-0.39, 0.29) is 15.7 Å². The Labute approximate surface area is 64.2 Å². The van der Waals surface area contributed by atoms with Crippen molar-refractivity contribution in [3.05, 3.63) is 11.8 Å². The molecule has 0 bridgehead atoms. The fourth-order valence-corrected chi connectivity index (χ4v) is 0.912. The molecule has 0 heterocycles. The third-order valence-electron chi connectivity index (χ3n) is 0.844. The first-order valence-corrected chi connectivity index (χ1v) is 4.34. The third-order valence-corrected chi connectivity index (χ3v) is 1.62. The third kappa shape index (κ3) is 7.43. The van der Waals surface area contributed by atoms with E-state index in [2.05, 4.69) is 6.92 Å². The van der Waals surface area contributed by atoms with Gasteiger partial charge in [-0.3, -0.25) is 4.79 Å². The highest BCUT2D eigenvalue weighted by atomic mass is 28.2. The van der Waals surface area contributed by atoms with Gasteiger partial charge in [0.15, 0.2) is 0 Å². The van der Waals surface area contributed by atoms with E-state index in [1.165, 1.54) is 6.92 Å². The van der Waals surface area contributed by atoms with Crippen molar-refractivity contribution in [2.24, 2.45) is 0 Å². The van der Waals surface area contributed by atoms with E-state index in [1.54, 1.807) is 0 Å². The Bertz CT molecular complexity index is 121. The van der Waals surface area contributed by atoms with Crippen molar-refractivity contribution in [2.45, 2.75) is 26.7 Å². The number of carbonyl (C=O) groups is 1. The number of allylic oxidation sites excluding steroid dienone is 1. The van der Waals surface area contributed by atoms with E-state index in [4.69, 9.17) is 4.43 Å². The SMILES string of the molecule is CCC/C=C/[Si]OC(C)=O. The highest BCUT2D eigenvalue weighted by Crippen LogP contribution is 1.87. The lowest BCUT2D eigenvalue weighted by Gasteiger charge is -1.91. The minimum atomic E-state index is -0.209. The molecule has 0 aliphatic heterocycles. The van der Waals surface area contributed by atoms with E-state index in [0.29, 0.717) is 0 Å². The summed E-state index contributed by atoms with van der Waals surface area (Å²) in [6.07, 6.45) is 4.23. The lowest BCUT2D eigenvalue weighted by atomic mass is 10.3. The lowest BCUT2D eigenvalue weighted by Crippen LogP contribution is -2.00. The van der Waals surface area contributed by atoms with E-state index < -0.39 is 0 Å². The number of hydrogen-bond acceptors (Lipinski definition) is 2. The second-order valence-electron chi connectivity index (χ2n) is 1.90. The van der Waals surface area contributed by atoms with Gasteiger partial charge in [-0.2, -0.15) is 0 Å². The maximum atomic E-state index is 10.2. The van der Waals surface area contributed by atoms with Gasteiger partial charge in [0.25, 0.3) is 5.97 Å². The molecular formula is C7H12O2Si. The van der Waals surface area contributed by atoms with E-state index in [1.807, 2.05) is 11.8 Å². The summed E-state index contributed by atoms with van der Waals surface area (Å²) in [5, 5.41) is 0. The molecule has 3 heteroatoms. The fraction of sp³-hybridized carbons (Fsp3) is 0.571. The molecule has 0 saturated carbocycles. The Hall–Kier alpha value is -0.573. The normalized spacial score (nSPS) is 10.2. The first kappa shape index (κ1) is 9.43. The Balaban J connectivity index is 3.10. The monoisotopic (exact) mass is 156 g/mol. The Morgan fingerprint density at radius 3 is 2.90 bits per heavy atom. The van der Waals surface area contributed by atoms with Crippen LogP contribution in [0, 0.1) is 0 Å². The summed E-state index contributed by atoms with van der Waals surface area (Å²) in [5.41, 5.74) is 1.89. The van der Waals surface area contributed by atoms with Crippen molar-refractivity contribution in [1.29, 1.82) is 0 Å². The van der Waals surface area contributed by atoms with Crippen molar-refractivity contribution in [2.75, 3.05) is 0 Å². The molecule has 0 N–H and O–H groups in total. The summed E-state index contributed by atoms with van der Waals surface area (Å²) < 4.78 is 4.69. The predicted molar refractivity (Wildman–Crippen MR) is 41.6 cm³/mol. The van der Waals surface area contributed by atoms with Crippen LogP contribution >= 0.6 is 0 Å². The van der Waals surface area contributed by atoms with Crippen LogP contribution in [0.5, 0.6) is 0 Å². The van der Waals surface area contributed by atoms with Crippen LogP contribution < -0.4 is 0 Å². The van der Waals surface area contributed by atoms with Gasteiger partial charge in [0.05, 0.1) is 0 Å². The number of carbonyl (C=O) groups excluding carboxylic acids is 1. The van der Waals surface area contributed by atoms with Gasteiger partial charge in [0.2, 0.25) is 0 Å².